The summed E-state index contributed by atoms with van der Waals surface area (Å²) in [7, 11) is 0. The first-order valence-corrected chi connectivity index (χ1v) is 8.00. The van der Waals surface area contributed by atoms with Crippen molar-refractivity contribution < 1.29 is 4.74 Å². The van der Waals surface area contributed by atoms with Crippen molar-refractivity contribution in [3.8, 4) is 0 Å². The first-order chi connectivity index (χ1) is 9.78. The minimum Gasteiger partial charge on any atom is -0.378 e. The summed E-state index contributed by atoms with van der Waals surface area (Å²) in [6.07, 6.45) is 1.25. The zero-order chi connectivity index (χ0) is 13.9. The third-order valence-electron chi connectivity index (χ3n) is 4.51. The van der Waals surface area contributed by atoms with Crippen LogP contribution >= 0.6 is 11.6 Å². The number of hydrogen-bond donors (Lipinski definition) is 0. The first kappa shape index (κ1) is 14.2. The minimum absolute atomic E-state index is 0.645. The van der Waals surface area contributed by atoms with Gasteiger partial charge in [-0.1, -0.05) is 24.6 Å². The largest absolute Gasteiger partial charge is 0.378 e. The second-order valence-electron chi connectivity index (χ2n) is 5.69. The molecule has 0 saturated carbocycles. The van der Waals surface area contributed by atoms with E-state index >= 15 is 0 Å². The lowest BCUT2D eigenvalue weighted by atomic mass is 9.98. The number of rotatable bonds is 3. The number of nitrogens with zero attached hydrogens (tertiary/aromatic N) is 2. The van der Waals surface area contributed by atoms with Crippen molar-refractivity contribution in [1.82, 2.24) is 4.90 Å². The predicted molar refractivity (Wildman–Crippen MR) is 84.0 cm³/mol. The van der Waals surface area contributed by atoms with Gasteiger partial charge in [0.25, 0.3) is 0 Å². The second kappa shape index (κ2) is 6.33. The lowest BCUT2D eigenvalue weighted by molar-refractivity contribution is 0.122. The molecule has 3 rings (SSSR count). The Balaban J connectivity index is 1.74. The van der Waals surface area contributed by atoms with Gasteiger partial charge in [0.05, 0.1) is 23.9 Å². The number of ether oxygens (including phenoxy) is 1. The highest BCUT2D eigenvalue weighted by molar-refractivity contribution is 6.33. The maximum absolute atomic E-state index is 6.52. The van der Waals surface area contributed by atoms with Crippen molar-refractivity contribution in [1.29, 1.82) is 0 Å². The van der Waals surface area contributed by atoms with Crippen LogP contribution in [0.3, 0.4) is 0 Å². The molecular formula is C16H23ClN2O. The van der Waals surface area contributed by atoms with E-state index in [-0.39, 0.29) is 0 Å². The highest BCUT2D eigenvalue weighted by Gasteiger charge is 2.23. The van der Waals surface area contributed by atoms with Gasteiger partial charge in [0.2, 0.25) is 0 Å². The molecule has 2 saturated heterocycles. The summed E-state index contributed by atoms with van der Waals surface area (Å²) in [6, 6.07) is 6.63. The summed E-state index contributed by atoms with van der Waals surface area (Å²) in [5, 5.41) is 0.888. The van der Waals surface area contributed by atoms with Crippen molar-refractivity contribution in [2.24, 2.45) is 0 Å². The van der Waals surface area contributed by atoms with Crippen LogP contribution in [0.1, 0.15) is 24.8 Å². The van der Waals surface area contributed by atoms with Crippen molar-refractivity contribution in [3.05, 3.63) is 28.8 Å². The summed E-state index contributed by atoms with van der Waals surface area (Å²) < 4.78 is 5.40. The third-order valence-corrected chi connectivity index (χ3v) is 4.82. The van der Waals surface area contributed by atoms with Gasteiger partial charge in [0.15, 0.2) is 0 Å². The molecule has 1 atom stereocenters. The maximum atomic E-state index is 6.52. The highest BCUT2D eigenvalue weighted by atomic mass is 35.5. The first-order valence-electron chi connectivity index (χ1n) is 7.62. The van der Waals surface area contributed by atoms with E-state index in [1.807, 2.05) is 0 Å². The van der Waals surface area contributed by atoms with Gasteiger partial charge < -0.3 is 14.5 Å². The second-order valence-corrected chi connectivity index (χ2v) is 6.10. The fraction of sp³-hybridized carbons (Fsp3) is 0.625. The Morgan fingerprint density at radius 3 is 2.70 bits per heavy atom. The monoisotopic (exact) mass is 294 g/mol. The van der Waals surface area contributed by atoms with Crippen LogP contribution < -0.4 is 4.90 Å². The highest BCUT2D eigenvalue weighted by Crippen LogP contribution is 2.33. The summed E-state index contributed by atoms with van der Waals surface area (Å²) >= 11 is 6.52. The van der Waals surface area contributed by atoms with Gasteiger partial charge in [0, 0.05) is 19.6 Å². The molecule has 2 aliphatic rings. The van der Waals surface area contributed by atoms with Crippen molar-refractivity contribution in [2.45, 2.75) is 19.3 Å². The molecule has 1 aromatic rings. The lowest BCUT2D eigenvalue weighted by Gasteiger charge is -2.30. The molecule has 1 aromatic carbocycles. The normalized spacial score (nSPS) is 24.3. The zero-order valence-corrected chi connectivity index (χ0v) is 12.9. The van der Waals surface area contributed by atoms with Crippen molar-refractivity contribution >= 4 is 17.3 Å². The van der Waals surface area contributed by atoms with E-state index in [0.29, 0.717) is 5.92 Å². The van der Waals surface area contributed by atoms with Crippen LogP contribution in [-0.2, 0) is 4.74 Å². The summed E-state index contributed by atoms with van der Waals surface area (Å²) in [4.78, 5) is 4.83. The SMILES string of the molecule is CCN1CCC(c2ccc(N3CCOCC3)c(Cl)c2)C1. The Kier molecular flexibility index (Phi) is 4.49. The fourth-order valence-electron chi connectivity index (χ4n) is 3.23. The van der Waals surface area contributed by atoms with Crippen LogP contribution in [0.4, 0.5) is 5.69 Å². The topological polar surface area (TPSA) is 15.7 Å². The van der Waals surface area contributed by atoms with Crippen molar-refractivity contribution in [2.75, 3.05) is 50.8 Å². The molecule has 4 heteroatoms. The molecule has 0 aliphatic carbocycles. The number of hydrogen-bond acceptors (Lipinski definition) is 3. The van der Waals surface area contributed by atoms with Crippen LogP contribution in [0.2, 0.25) is 5.02 Å². The quantitative estimate of drug-likeness (QED) is 0.852. The van der Waals surface area contributed by atoms with Gasteiger partial charge in [-0.25, -0.2) is 0 Å². The van der Waals surface area contributed by atoms with E-state index < -0.39 is 0 Å². The predicted octanol–water partition coefficient (Wildman–Crippen LogP) is 2.99. The van der Waals surface area contributed by atoms with Crippen LogP contribution in [0.25, 0.3) is 0 Å². The lowest BCUT2D eigenvalue weighted by Crippen LogP contribution is -2.36. The molecule has 110 valence electrons. The minimum atomic E-state index is 0.645. The van der Waals surface area contributed by atoms with Crippen LogP contribution in [0, 0.1) is 0 Å². The number of likely N-dealkylation sites (tertiary alicyclic amines) is 1. The maximum Gasteiger partial charge on any atom is 0.0642 e. The van der Waals surface area contributed by atoms with Gasteiger partial charge in [-0.15, -0.1) is 0 Å². The van der Waals surface area contributed by atoms with Crippen LogP contribution in [-0.4, -0.2) is 50.8 Å². The molecule has 0 N–H and O–H groups in total. The van der Waals surface area contributed by atoms with Gasteiger partial charge in [-0.05, 0) is 43.1 Å². The summed E-state index contributed by atoms with van der Waals surface area (Å²) in [5.41, 5.74) is 2.55. The molecule has 0 bridgehead atoms. The molecule has 0 radical (unpaired) electrons. The molecule has 20 heavy (non-hydrogen) atoms. The molecule has 2 fully saturated rings. The number of likely N-dealkylation sites (N-methyl/N-ethyl adjacent to an activating group) is 1. The van der Waals surface area contributed by atoms with E-state index in [9.17, 15) is 0 Å². The van der Waals surface area contributed by atoms with E-state index in [1.165, 1.54) is 25.1 Å². The Morgan fingerprint density at radius 1 is 1.25 bits per heavy atom. The average Bonchev–Trinajstić information content (AvgIpc) is 2.97. The zero-order valence-electron chi connectivity index (χ0n) is 12.1. The Morgan fingerprint density at radius 2 is 2.05 bits per heavy atom. The van der Waals surface area contributed by atoms with Gasteiger partial charge in [-0.2, -0.15) is 0 Å². The molecule has 0 spiro atoms. The molecule has 2 aliphatic heterocycles. The van der Waals surface area contributed by atoms with Crippen LogP contribution in [0.15, 0.2) is 18.2 Å². The summed E-state index contributed by atoms with van der Waals surface area (Å²) in [5.74, 6) is 0.645. The van der Waals surface area contributed by atoms with E-state index in [2.05, 4.69) is 34.9 Å². The number of morpholine rings is 1. The average molecular weight is 295 g/mol. The molecular weight excluding hydrogens is 272 g/mol. The van der Waals surface area contributed by atoms with Gasteiger partial charge >= 0.3 is 0 Å². The molecule has 3 nitrogen and oxygen atoms in total. The summed E-state index contributed by atoms with van der Waals surface area (Å²) in [6.45, 7) is 9.23. The fourth-order valence-corrected chi connectivity index (χ4v) is 3.54. The Hall–Kier alpha value is -0.770. The molecule has 1 unspecified atom stereocenters. The molecule has 0 aromatic heterocycles. The Bertz CT molecular complexity index is 460. The number of halogens is 1. The smallest absolute Gasteiger partial charge is 0.0642 e. The van der Waals surface area contributed by atoms with E-state index in [0.717, 1.165) is 43.6 Å². The standard InChI is InChI=1S/C16H23ClN2O/c1-2-18-6-5-14(12-18)13-3-4-16(15(17)11-13)19-7-9-20-10-8-19/h3-4,11,14H,2,5-10,12H2,1H3. The van der Waals surface area contributed by atoms with E-state index in [1.54, 1.807) is 0 Å². The van der Waals surface area contributed by atoms with Crippen molar-refractivity contribution in [3.63, 3.8) is 0 Å². The molecule has 0 amide bonds. The van der Waals surface area contributed by atoms with E-state index in [4.69, 9.17) is 16.3 Å². The number of anilines is 1. The van der Waals surface area contributed by atoms with Gasteiger partial charge in [-0.3, -0.25) is 0 Å². The van der Waals surface area contributed by atoms with Crippen LogP contribution in [0.5, 0.6) is 0 Å². The van der Waals surface area contributed by atoms with Gasteiger partial charge in [0.1, 0.15) is 0 Å². The third kappa shape index (κ3) is 2.95. The Labute approximate surface area is 126 Å². The number of benzene rings is 1. The molecule has 2 heterocycles.